The summed E-state index contributed by atoms with van der Waals surface area (Å²) in [6.45, 7) is 7.37. The Kier molecular flexibility index (Phi) is 7.78. The molecular weight excluding hydrogens is 620 g/mol. The van der Waals surface area contributed by atoms with E-state index in [1.165, 1.54) is 7.94 Å². The molecule has 0 N–H and O–H groups in total. The van der Waals surface area contributed by atoms with Gasteiger partial charge < -0.3 is 0 Å². The highest BCUT2D eigenvalue weighted by Gasteiger charge is 2.22. The van der Waals surface area contributed by atoms with E-state index >= 15 is 0 Å². The zero-order valence-corrected chi connectivity index (χ0v) is 25.6. The molecule has 0 saturated heterocycles. The highest BCUT2D eigenvalue weighted by molar-refractivity contribution is 9.10. The Labute approximate surface area is 248 Å². The fourth-order valence-electron chi connectivity index (χ4n) is 4.77. The minimum Gasteiger partial charge on any atom is -0.241 e. The Balaban J connectivity index is 0.000000165. The van der Waals surface area contributed by atoms with Crippen molar-refractivity contribution in [2.24, 2.45) is 0 Å². The summed E-state index contributed by atoms with van der Waals surface area (Å²) in [4.78, 5) is 0.656. The van der Waals surface area contributed by atoms with E-state index in [2.05, 4.69) is 22.5 Å². The van der Waals surface area contributed by atoms with Crippen LogP contribution in [0.25, 0.3) is 27.9 Å². The predicted molar refractivity (Wildman–Crippen MR) is 169 cm³/mol. The molecule has 41 heavy (non-hydrogen) atoms. The maximum absolute atomic E-state index is 12.9. The van der Waals surface area contributed by atoms with Crippen molar-refractivity contribution in [2.45, 2.75) is 23.6 Å². The summed E-state index contributed by atoms with van der Waals surface area (Å²) in [5.74, 6) is 0. The van der Waals surface area contributed by atoms with Crippen LogP contribution in [0.15, 0.2) is 130 Å². The molecule has 0 bridgehead atoms. The SMILES string of the molecule is C=Cc1cccc2c1ccn2S(=O)(=O)c1ccccc1C.Cc1ccccc1S(=O)(=O)n1ccc2c(Br)cccc21. The highest BCUT2D eigenvalue weighted by Crippen LogP contribution is 2.29. The number of halogens is 1. The molecule has 0 fully saturated rings. The summed E-state index contributed by atoms with van der Waals surface area (Å²) in [7, 11) is -7.17. The number of fused-ring (bicyclic) bond motifs is 2. The van der Waals surface area contributed by atoms with Crippen LogP contribution in [0.2, 0.25) is 0 Å². The molecule has 2 heterocycles. The predicted octanol–water partition coefficient (Wildman–Crippen LogP) is 7.78. The third kappa shape index (κ3) is 5.16. The van der Waals surface area contributed by atoms with Gasteiger partial charge in [-0.25, -0.2) is 24.8 Å². The van der Waals surface area contributed by atoms with Gasteiger partial charge in [-0.1, -0.05) is 83.2 Å². The Morgan fingerprint density at radius 1 is 0.610 bits per heavy atom. The summed E-state index contributed by atoms with van der Waals surface area (Å²) in [5.41, 5.74) is 3.73. The Morgan fingerprint density at radius 3 is 1.59 bits per heavy atom. The molecular formula is C32H27BrN2O4S2. The topological polar surface area (TPSA) is 78.1 Å². The fraction of sp³-hybridized carbons (Fsp3) is 0.0625. The van der Waals surface area contributed by atoms with Crippen molar-refractivity contribution in [1.82, 2.24) is 7.94 Å². The number of rotatable bonds is 5. The first kappa shape index (κ1) is 28.6. The van der Waals surface area contributed by atoms with E-state index in [9.17, 15) is 16.8 Å². The summed E-state index contributed by atoms with van der Waals surface area (Å²) < 4.78 is 54.9. The van der Waals surface area contributed by atoms with Crippen molar-refractivity contribution in [2.75, 3.05) is 0 Å². The van der Waals surface area contributed by atoms with Crippen molar-refractivity contribution >= 4 is 63.9 Å². The molecule has 208 valence electrons. The van der Waals surface area contributed by atoms with Gasteiger partial charge in [0.2, 0.25) is 0 Å². The number of hydrogen-bond donors (Lipinski definition) is 0. The Bertz CT molecular complexity index is 2140. The van der Waals surface area contributed by atoms with E-state index in [-0.39, 0.29) is 0 Å². The Hall–Kier alpha value is -3.92. The van der Waals surface area contributed by atoms with Crippen molar-refractivity contribution in [3.05, 3.63) is 137 Å². The van der Waals surface area contributed by atoms with E-state index in [1.54, 1.807) is 86.9 Å². The number of nitrogens with zero attached hydrogens (tertiary/aromatic N) is 2. The first-order valence-corrected chi connectivity index (χ1v) is 16.3. The molecule has 2 aromatic heterocycles. The minimum atomic E-state index is -3.60. The molecule has 0 amide bonds. The molecule has 0 aliphatic rings. The van der Waals surface area contributed by atoms with E-state index in [0.29, 0.717) is 20.8 Å². The molecule has 6 aromatic rings. The summed E-state index contributed by atoms with van der Waals surface area (Å²) in [6.07, 6.45) is 4.92. The minimum absolute atomic E-state index is 0.325. The van der Waals surface area contributed by atoms with Crippen LogP contribution in [-0.2, 0) is 20.0 Å². The summed E-state index contributed by atoms with van der Waals surface area (Å²) in [6, 6.07) is 28.7. The third-order valence-electron chi connectivity index (χ3n) is 6.86. The van der Waals surface area contributed by atoms with Gasteiger partial charge in [-0.05, 0) is 73.0 Å². The van der Waals surface area contributed by atoms with Crippen molar-refractivity contribution in [3.8, 4) is 0 Å². The lowest BCUT2D eigenvalue weighted by molar-refractivity contribution is 0.586. The molecule has 4 aromatic carbocycles. The lowest BCUT2D eigenvalue weighted by atomic mass is 10.1. The van der Waals surface area contributed by atoms with Gasteiger partial charge >= 0.3 is 0 Å². The molecule has 6 rings (SSSR count). The molecule has 0 spiro atoms. The van der Waals surface area contributed by atoms with Crippen molar-refractivity contribution in [3.63, 3.8) is 0 Å². The normalized spacial score (nSPS) is 11.8. The molecule has 0 radical (unpaired) electrons. The van der Waals surface area contributed by atoms with Crippen LogP contribution in [0.5, 0.6) is 0 Å². The number of benzene rings is 4. The standard InChI is InChI=1S/C17H15NO2S.C15H12BrNO2S/c1-3-14-8-6-9-16-15(14)11-12-18(16)21(19,20)17-10-5-4-7-13(17)2;1-11-5-2-3-8-15(11)20(18,19)17-10-9-12-13(16)6-4-7-14(12)17/h3-12H,1H2,2H3;2-10H,1H3. The van der Waals surface area contributed by atoms with Gasteiger partial charge in [-0.15, -0.1) is 0 Å². The second-order valence-electron chi connectivity index (χ2n) is 9.42. The number of aromatic nitrogens is 2. The monoisotopic (exact) mass is 646 g/mol. The van der Waals surface area contributed by atoms with Crippen LogP contribution in [0, 0.1) is 13.8 Å². The van der Waals surface area contributed by atoms with Crippen LogP contribution in [-0.4, -0.2) is 24.8 Å². The molecule has 0 aliphatic carbocycles. The van der Waals surface area contributed by atoms with Crippen LogP contribution in [0.3, 0.4) is 0 Å². The Morgan fingerprint density at radius 2 is 1.07 bits per heavy atom. The van der Waals surface area contributed by atoms with E-state index < -0.39 is 20.0 Å². The molecule has 0 aliphatic heterocycles. The first-order chi connectivity index (χ1) is 19.6. The second-order valence-corrected chi connectivity index (χ2v) is 13.8. The van der Waals surface area contributed by atoms with Crippen LogP contribution in [0.1, 0.15) is 16.7 Å². The average molecular weight is 648 g/mol. The van der Waals surface area contributed by atoms with Crippen molar-refractivity contribution in [1.29, 1.82) is 0 Å². The number of aryl methyl sites for hydroxylation is 2. The molecule has 9 heteroatoms. The van der Waals surface area contributed by atoms with Gasteiger partial charge in [0.15, 0.2) is 0 Å². The third-order valence-corrected chi connectivity index (χ3v) is 11.2. The molecule has 0 atom stereocenters. The van der Waals surface area contributed by atoms with Crippen LogP contribution < -0.4 is 0 Å². The van der Waals surface area contributed by atoms with E-state index in [0.717, 1.165) is 31.9 Å². The summed E-state index contributed by atoms with van der Waals surface area (Å²) in [5, 5.41) is 1.76. The van der Waals surface area contributed by atoms with Gasteiger partial charge in [0.1, 0.15) is 0 Å². The van der Waals surface area contributed by atoms with Crippen LogP contribution >= 0.6 is 15.9 Å². The molecule has 0 unspecified atom stereocenters. The largest absolute Gasteiger partial charge is 0.268 e. The molecule has 6 nitrogen and oxygen atoms in total. The van der Waals surface area contributed by atoms with Gasteiger partial charge in [-0.3, -0.25) is 0 Å². The molecule has 0 saturated carbocycles. The van der Waals surface area contributed by atoms with Gasteiger partial charge in [0.05, 0.1) is 20.8 Å². The maximum atomic E-state index is 12.9. The zero-order chi connectivity index (χ0) is 29.4. The lowest BCUT2D eigenvalue weighted by Gasteiger charge is -2.10. The quantitative estimate of drug-likeness (QED) is 0.192. The zero-order valence-electron chi connectivity index (χ0n) is 22.4. The number of hydrogen-bond acceptors (Lipinski definition) is 4. The van der Waals surface area contributed by atoms with Gasteiger partial charge in [0, 0.05) is 27.6 Å². The highest BCUT2D eigenvalue weighted by atomic mass is 79.9. The second kappa shape index (κ2) is 11.2. The smallest absolute Gasteiger partial charge is 0.241 e. The van der Waals surface area contributed by atoms with Gasteiger partial charge in [-0.2, -0.15) is 0 Å². The maximum Gasteiger partial charge on any atom is 0.268 e. The first-order valence-electron chi connectivity index (χ1n) is 12.7. The van der Waals surface area contributed by atoms with Crippen LogP contribution in [0.4, 0.5) is 0 Å². The lowest BCUT2D eigenvalue weighted by Crippen LogP contribution is -2.13. The average Bonchev–Trinajstić information content (AvgIpc) is 3.60. The van der Waals surface area contributed by atoms with E-state index in [1.807, 2.05) is 42.5 Å². The van der Waals surface area contributed by atoms with E-state index in [4.69, 9.17) is 0 Å². The fourth-order valence-corrected chi connectivity index (χ4v) is 8.41. The van der Waals surface area contributed by atoms with Gasteiger partial charge in [0.25, 0.3) is 20.0 Å². The van der Waals surface area contributed by atoms with Crippen molar-refractivity contribution < 1.29 is 16.8 Å². The summed E-state index contributed by atoms with van der Waals surface area (Å²) >= 11 is 3.44.